The van der Waals surface area contributed by atoms with E-state index >= 15 is 0 Å². The first kappa shape index (κ1) is 14.8. The molecule has 1 saturated heterocycles. The summed E-state index contributed by atoms with van der Waals surface area (Å²) in [6, 6.07) is -0.902. The lowest BCUT2D eigenvalue weighted by molar-refractivity contribution is -0.151. The normalized spacial score (nSPS) is 20.2. The average molecular weight is 266 g/mol. The first-order valence-electron chi connectivity index (χ1n) is 5.61. The molecule has 0 aromatic heterocycles. The van der Waals surface area contributed by atoms with Gasteiger partial charge in [-0.25, -0.2) is 13.6 Å². The molecule has 0 saturated carbocycles. The molecule has 6 nitrogen and oxygen atoms in total. The number of carboxylic acid groups (broad SMARTS) is 1. The Bertz CT molecular complexity index is 302. The van der Waals surface area contributed by atoms with E-state index in [1.54, 1.807) is 0 Å². The molecule has 8 heteroatoms. The molecule has 1 heterocycles. The third kappa shape index (κ3) is 4.53. The third-order valence-corrected chi connectivity index (χ3v) is 2.55. The van der Waals surface area contributed by atoms with Gasteiger partial charge in [0.25, 0.3) is 6.43 Å². The molecule has 0 radical (unpaired) electrons. The standard InChI is InChI=1S/C10H16F2N2O4/c11-8(12)6-18-4-1-9(15)14-3-2-13-5-7(14)10(16)17/h7-8,13H,1-6H2,(H,16,17). The molecule has 1 fully saturated rings. The van der Waals surface area contributed by atoms with E-state index in [2.05, 4.69) is 10.1 Å². The third-order valence-electron chi connectivity index (χ3n) is 2.55. The van der Waals surface area contributed by atoms with Gasteiger partial charge in [-0.05, 0) is 0 Å². The van der Waals surface area contributed by atoms with Crippen LogP contribution < -0.4 is 5.32 Å². The van der Waals surface area contributed by atoms with E-state index in [0.717, 1.165) is 0 Å². The lowest BCUT2D eigenvalue weighted by atomic mass is 10.2. The van der Waals surface area contributed by atoms with Gasteiger partial charge in [-0.3, -0.25) is 4.79 Å². The number of rotatable bonds is 6. The van der Waals surface area contributed by atoms with Gasteiger partial charge in [-0.2, -0.15) is 0 Å². The fraction of sp³-hybridized carbons (Fsp3) is 0.800. The summed E-state index contributed by atoms with van der Waals surface area (Å²) in [6.45, 7) is 0.174. The molecule has 1 atom stereocenters. The van der Waals surface area contributed by atoms with Crippen LogP contribution in [0.2, 0.25) is 0 Å². The van der Waals surface area contributed by atoms with Crippen LogP contribution >= 0.6 is 0 Å². The molecule has 1 unspecified atom stereocenters. The van der Waals surface area contributed by atoms with Gasteiger partial charge < -0.3 is 20.1 Å². The average Bonchev–Trinajstić information content (AvgIpc) is 2.34. The summed E-state index contributed by atoms with van der Waals surface area (Å²) < 4.78 is 28.1. The maximum atomic E-state index is 11.8. The molecule has 18 heavy (non-hydrogen) atoms. The minimum absolute atomic E-state index is 0.0868. The predicted octanol–water partition coefficient (Wildman–Crippen LogP) is -0.457. The second kappa shape index (κ2) is 7.22. The van der Waals surface area contributed by atoms with Crippen molar-refractivity contribution in [1.82, 2.24) is 10.2 Å². The summed E-state index contributed by atoms with van der Waals surface area (Å²) in [5.41, 5.74) is 0. The van der Waals surface area contributed by atoms with E-state index in [1.165, 1.54) is 4.90 Å². The highest BCUT2D eigenvalue weighted by Crippen LogP contribution is 2.06. The summed E-state index contributed by atoms with van der Waals surface area (Å²) in [5, 5.41) is 11.8. The highest BCUT2D eigenvalue weighted by Gasteiger charge is 2.31. The zero-order valence-electron chi connectivity index (χ0n) is 9.77. The number of piperazine rings is 1. The number of carboxylic acids is 1. The first-order valence-corrected chi connectivity index (χ1v) is 5.61. The number of amides is 1. The molecule has 104 valence electrons. The van der Waals surface area contributed by atoms with Crippen LogP contribution in [0.1, 0.15) is 6.42 Å². The number of carbonyl (C=O) groups excluding carboxylic acids is 1. The summed E-state index contributed by atoms with van der Waals surface area (Å²) >= 11 is 0. The number of aliphatic carboxylic acids is 1. The molecule has 1 aliphatic rings. The lowest BCUT2D eigenvalue weighted by Gasteiger charge is -2.33. The Labute approximate surface area is 103 Å². The van der Waals surface area contributed by atoms with Crippen LogP contribution in [0.5, 0.6) is 0 Å². The zero-order chi connectivity index (χ0) is 13.5. The van der Waals surface area contributed by atoms with Crippen molar-refractivity contribution in [2.24, 2.45) is 0 Å². The van der Waals surface area contributed by atoms with Crippen molar-refractivity contribution in [2.75, 3.05) is 32.8 Å². The smallest absolute Gasteiger partial charge is 0.327 e. The van der Waals surface area contributed by atoms with Gasteiger partial charge in [0, 0.05) is 19.6 Å². The van der Waals surface area contributed by atoms with Crippen molar-refractivity contribution in [3.8, 4) is 0 Å². The van der Waals surface area contributed by atoms with Crippen molar-refractivity contribution in [3.05, 3.63) is 0 Å². The van der Waals surface area contributed by atoms with E-state index in [4.69, 9.17) is 5.11 Å². The fourth-order valence-corrected chi connectivity index (χ4v) is 1.70. The zero-order valence-corrected chi connectivity index (χ0v) is 9.77. The highest BCUT2D eigenvalue weighted by molar-refractivity contribution is 5.84. The summed E-state index contributed by atoms with van der Waals surface area (Å²) in [4.78, 5) is 23.9. The fourth-order valence-electron chi connectivity index (χ4n) is 1.70. The van der Waals surface area contributed by atoms with Gasteiger partial charge in [0.15, 0.2) is 0 Å². The minimum Gasteiger partial charge on any atom is -0.480 e. The minimum atomic E-state index is -2.56. The van der Waals surface area contributed by atoms with Crippen LogP contribution in [0.25, 0.3) is 0 Å². The van der Waals surface area contributed by atoms with Gasteiger partial charge in [0.1, 0.15) is 12.6 Å². The summed E-state index contributed by atoms with van der Waals surface area (Å²) in [6.07, 6.45) is -2.65. The number of hydrogen-bond donors (Lipinski definition) is 2. The maximum absolute atomic E-state index is 11.8. The van der Waals surface area contributed by atoms with Crippen molar-refractivity contribution in [3.63, 3.8) is 0 Å². The van der Waals surface area contributed by atoms with Gasteiger partial charge >= 0.3 is 5.97 Å². The predicted molar refractivity (Wildman–Crippen MR) is 57.4 cm³/mol. The molecular formula is C10H16F2N2O4. The molecule has 0 aromatic carbocycles. The van der Waals surface area contributed by atoms with Crippen LogP contribution in [0.3, 0.4) is 0 Å². The molecule has 1 amide bonds. The van der Waals surface area contributed by atoms with E-state index in [9.17, 15) is 18.4 Å². The van der Waals surface area contributed by atoms with E-state index in [0.29, 0.717) is 13.1 Å². The number of nitrogens with one attached hydrogen (secondary N) is 1. The Balaban J connectivity index is 2.36. The van der Waals surface area contributed by atoms with Crippen LogP contribution in [-0.2, 0) is 14.3 Å². The highest BCUT2D eigenvalue weighted by atomic mass is 19.3. The second-order valence-corrected chi connectivity index (χ2v) is 3.86. The van der Waals surface area contributed by atoms with E-state index in [-0.39, 0.29) is 19.6 Å². The van der Waals surface area contributed by atoms with Gasteiger partial charge in [-0.15, -0.1) is 0 Å². The maximum Gasteiger partial charge on any atom is 0.327 e. The molecule has 1 rings (SSSR count). The topological polar surface area (TPSA) is 78.9 Å². The van der Waals surface area contributed by atoms with Crippen LogP contribution in [0.4, 0.5) is 8.78 Å². The molecular weight excluding hydrogens is 250 g/mol. The molecule has 2 N–H and O–H groups in total. The number of hydrogen-bond acceptors (Lipinski definition) is 4. The van der Waals surface area contributed by atoms with Crippen molar-refractivity contribution in [1.29, 1.82) is 0 Å². The number of nitrogens with zero attached hydrogens (tertiary/aromatic N) is 1. The Morgan fingerprint density at radius 1 is 1.50 bits per heavy atom. The molecule has 0 bridgehead atoms. The largest absolute Gasteiger partial charge is 0.480 e. The number of halogens is 2. The number of alkyl halides is 2. The molecule has 0 aliphatic carbocycles. The number of carbonyl (C=O) groups is 2. The van der Waals surface area contributed by atoms with Gasteiger partial charge in [-0.1, -0.05) is 0 Å². The lowest BCUT2D eigenvalue weighted by Crippen LogP contribution is -2.57. The van der Waals surface area contributed by atoms with Crippen molar-refractivity contribution >= 4 is 11.9 Å². The SMILES string of the molecule is O=C(O)C1CNCCN1C(=O)CCOCC(F)F. The van der Waals surface area contributed by atoms with E-state index < -0.39 is 31.0 Å². The second-order valence-electron chi connectivity index (χ2n) is 3.86. The van der Waals surface area contributed by atoms with Crippen molar-refractivity contribution < 1.29 is 28.2 Å². The summed E-state index contributed by atoms with van der Waals surface area (Å²) in [5.74, 6) is -1.47. The molecule has 1 aliphatic heterocycles. The summed E-state index contributed by atoms with van der Waals surface area (Å²) in [7, 11) is 0. The Morgan fingerprint density at radius 3 is 2.83 bits per heavy atom. The Kier molecular flexibility index (Phi) is 5.93. The molecule has 0 aromatic rings. The van der Waals surface area contributed by atoms with Gasteiger partial charge in [0.05, 0.1) is 13.0 Å². The monoisotopic (exact) mass is 266 g/mol. The van der Waals surface area contributed by atoms with Gasteiger partial charge in [0.2, 0.25) is 5.91 Å². The van der Waals surface area contributed by atoms with Crippen molar-refractivity contribution in [2.45, 2.75) is 18.9 Å². The Morgan fingerprint density at radius 2 is 2.22 bits per heavy atom. The first-order chi connectivity index (χ1) is 8.52. The molecule has 0 spiro atoms. The van der Waals surface area contributed by atoms with Crippen LogP contribution in [0.15, 0.2) is 0 Å². The quantitative estimate of drug-likeness (QED) is 0.636. The van der Waals surface area contributed by atoms with Crippen LogP contribution in [-0.4, -0.2) is 67.2 Å². The Hall–Kier alpha value is -1.28. The van der Waals surface area contributed by atoms with Crippen LogP contribution in [0, 0.1) is 0 Å². The number of ether oxygens (including phenoxy) is 1. The van der Waals surface area contributed by atoms with E-state index in [1.807, 2.05) is 0 Å².